The van der Waals surface area contributed by atoms with Crippen LogP contribution >= 0.6 is 0 Å². The molecular formula is C14H13N3O2. The standard InChI is InChI=1S/C14H13N3O2/c1-9(17-15-2)10-3-5-11(6-4-10)12-7-8-13(18)14(19)16-12/h3-8,18H,2H2,1H3,(H,16,19)/b17-9-. The van der Waals surface area contributed by atoms with Gasteiger partial charge in [0.25, 0.3) is 5.56 Å². The molecule has 5 nitrogen and oxygen atoms in total. The second-order valence-electron chi connectivity index (χ2n) is 3.99. The van der Waals surface area contributed by atoms with Gasteiger partial charge in [-0.15, -0.1) is 0 Å². The number of nitrogens with one attached hydrogen (secondary N) is 1. The first-order valence-corrected chi connectivity index (χ1v) is 5.65. The molecule has 0 aliphatic heterocycles. The van der Waals surface area contributed by atoms with E-state index in [9.17, 15) is 9.90 Å². The van der Waals surface area contributed by atoms with Crippen molar-refractivity contribution >= 4 is 12.4 Å². The van der Waals surface area contributed by atoms with Gasteiger partial charge in [0.05, 0.1) is 5.71 Å². The van der Waals surface area contributed by atoms with Crippen LogP contribution in [0.15, 0.2) is 51.4 Å². The molecule has 0 fully saturated rings. The van der Waals surface area contributed by atoms with Crippen molar-refractivity contribution in [2.75, 3.05) is 0 Å². The fourth-order valence-electron chi connectivity index (χ4n) is 1.69. The summed E-state index contributed by atoms with van der Waals surface area (Å²) in [5.41, 5.74) is 2.68. The lowest BCUT2D eigenvalue weighted by molar-refractivity contribution is 0.467. The lowest BCUT2D eigenvalue weighted by Crippen LogP contribution is -2.05. The van der Waals surface area contributed by atoms with Crippen molar-refractivity contribution in [3.05, 3.63) is 52.3 Å². The van der Waals surface area contributed by atoms with Crippen LogP contribution in [0.3, 0.4) is 0 Å². The van der Waals surface area contributed by atoms with Crippen molar-refractivity contribution in [2.24, 2.45) is 10.2 Å². The SMILES string of the molecule is C=N/N=C(/C)c1ccc(-c2ccc(O)c(=O)[nH]2)cc1. The third kappa shape index (κ3) is 2.77. The summed E-state index contributed by atoms with van der Waals surface area (Å²) in [5.74, 6) is -0.291. The van der Waals surface area contributed by atoms with Gasteiger partial charge < -0.3 is 10.1 Å². The Hall–Kier alpha value is -2.69. The van der Waals surface area contributed by atoms with Crippen LogP contribution in [-0.4, -0.2) is 22.5 Å². The van der Waals surface area contributed by atoms with Crippen molar-refractivity contribution in [1.82, 2.24) is 4.98 Å². The minimum atomic E-state index is -0.504. The Morgan fingerprint density at radius 2 is 1.89 bits per heavy atom. The van der Waals surface area contributed by atoms with Crippen LogP contribution in [-0.2, 0) is 0 Å². The molecule has 0 atom stereocenters. The first-order valence-electron chi connectivity index (χ1n) is 5.65. The minimum absolute atomic E-state index is 0.291. The molecule has 19 heavy (non-hydrogen) atoms. The molecule has 2 N–H and O–H groups in total. The normalized spacial score (nSPS) is 11.3. The molecule has 5 heteroatoms. The van der Waals surface area contributed by atoms with Crippen molar-refractivity contribution in [3.63, 3.8) is 0 Å². The van der Waals surface area contributed by atoms with Crippen LogP contribution in [0.5, 0.6) is 5.75 Å². The van der Waals surface area contributed by atoms with Gasteiger partial charge in [0, 0.05) is 12.4 Å². The van der Waals surface area contributed by atoms with E-state index in [1.807, 2.05) is 31.2 Å². The molecular weight excluding hydrogens is 242 g/mol. The highest BCUT2D eigenvalue weighted by Gasteiger charge is 2.03. The molecule has 0 amide bonds. The van der Waals surface area contributed by atoms with Crippen LogP contribution < -0.4 is 5.56 Å². The number of H-pyrrole nitrogens is 1. The molecule has 0 bridgehead atoms. The number of nitrogens with zero attached hydrogens (tertiary/aromatic N) is 2. The highest BCUT2D eigenvalue weighted by Crippen LogP contribution is 2.17. The van der Waals surface area contributed by atoms with Crippen molar-refractivity contribution in [1.29, 1.82) is 0 Å². The average molecular weight is 255 g/mol. The van der Waals surface area contributed by atoms with Crippen LogP contribution in [0, 0.1) is 0 Å². The number of pyridine rings is 1. The van der Waals surface area contributed by atoms with E-state index in [1.54, 1.807) is 6.07 Å². The van der Waals surface area contributed by atoms with E-state index in [0.29, 0.717) is 5.69 Å². The van der Waals surface area contributed by atoms with E-state index in [4.69, 9.17) is 0 Å². The Bertz CT molecular complexity index is 685. The summed E-state index contributed by atoms with van der Waals surface area (Å²) in [6.07, 6.45) is 0. The molecule has 96 valence electrons. The fraction of sp³-hybridized carbons (Fsp3) is 0.0714. The maximum atomic E-state index is 11.3. The zero-order valence-electron chi connectivity index (χ0n) is 10.4. The Kier molecular flexibility index (Phi) is 3.56. The third-order valence-electron chi connectivity index (χ3n) is 2.72. The van der Waals surface area contributed by atoms with Gasteiger partial charge in [-0.1, -0.05) is 24.3 Å². The summed E-state index contributed by atoms with van der Waals surface area (Å²) in [7, 11) is 0. The number of aromatic hydroxyl groups is 1. The van der Waals surface area contributed by atoms with Gasteiger partial charge in [-0.05, 0) is 30.2 Å². The largest absolute Gasteiger partial charge is 0.503 e. The summed E-state index contributed by atoms with van der Waals surface area (Å²) in [5, 5.41) is 16.5. The Balaban J connectivity index is 2.37. The summed E-state index contributed by atoms with van der Waals surface area (Å²) in [4.78, 5) is 13.9. The minimum Gasteiger partial charge on any atom is -0.503 e. The van der Waals surface area contributed by atoms with E-state index in [1.165, 1.54) is 6.07 Å². The molecule has 0 unspecified atom stereocenters. The molecule has 0 saturated carbocycles. The van der Waals surface area contributed by atoms with Crippen molar-refractivity contribution < 1.29 is 5.11 Å². The van der Waals surface area contributed by atoms with E-state index >= 15 is 0 Å². The molecule has 0 radical (unpaired) electrons. The second kappa shape index (κ2) is 5.30. The second-order valence-corrected chi connectivity index (χ2v) is 3.99. The predicted octanol–water partition coefficient (Wildman–Crippen LogP) is 2.17. The van der Waals surface area contributed by atoms with Crippen LogP contribution in [0.1, 0.15) is 12.5 Å². The Morgan fingerprint density at radius 1 is 1.21 bits per heavy atom. The number of benzene rings is 1. The maximum Gasteiger partial charge on any atom is 0.290 e. The van der Waals surface area contributed by atoms with Crippen LogP contribution in [0.4, 0.5) is 0 Å². The number of aromatic nitrogens is 1. The van der Waals surface area contributed by atoms with Crippen molar-refractivity contribution in [2.45, 2.75) is 6.92 Å². The highest BCUT2D eigenvalue weighted by atomic mass is 16.3. The van der Waals surface area contributed by atoms with Gasteiger partial charge in [-0.3, -0.25) is 4.79 Å². The van der Waals surface area contributed by atoms with E-state index in [2.05, 4.69) is 21.9 Å². The first-order chi connectivity index (χ1) is 9.11. The summed E-state index contributed by atoms with van der Waals surface area (Å²) >= 11 is 0. The van der Waals surface area contributed by atoms with Gasteiger partial charge in [0.15, 0.2) is 5.75 Å². The Labute approximate surface area is 110 Å². The number of aromatic amines is 1. The highest BCUT2D eigenvalue weighted by molar-refractivity contribution is 5.99. The van der Waals surface area contributed by atoms with E-state index in [0.717, 1.165) is 16.8 Å². The number of hydrogen-bond donors (Lipinski definition) is 2. The fourth-order valence-corrected chi connectivity index (χ4v) is 1.69. The summed E-state index contributed by atoms with van der Waals surface area (Å²) in [6, 6.07) is 10.5. The summed E-state index contributed by atoms with van der Waals surface area (Å²) in [6.45, 7) is 5.15. The number of hydrogen-bond acceptors (Lipinski definition) is 4. The topological polar surface area (TPSA) is 77.8 Å². The molecule has 0 aliphatic rings. The summed E-state index contributed by atoms with van der Waals surface area (Å²) < 4.78 is 0. The molecule has 1 aromatic carbocycles. The molecule has 0 spiro atoms. The third-order valence-corrected chi connectivity index (χ3v) is 2.72. The molecule has 1 aromatic heterocycles. The number of rotatable bonds is 3. The Morgan fingerprint density at radius 3 is 2.47 bits per heavy atom. The van der Waals surface area contributed by atoms with Crippen LogP contribution in [0.25, 0.3) is 11.3 Å². The lowest BCUT2D eigenvalue weighted by Gasteiger charge is -2.04. The average Bonchev–Trinajstić information content (AvgIpc) is 2.42. The maximum absolute atomic E-state index is 11.3. The van der Waals surface area contributed by atoms with Gasteiger partial charge in [-0.2, -0.15) is 10.2 Å². The predicted molar refractivity (Wildman–Crippen MR) is 75.9 cm³/mol. The quantitative estimate of drug-likeness (QED) is 0.651. The zero-order valence-corrected chi connectivity index (χ0v) is 10.4. The molecule has 0 aliphatic carbocycles. The van der Waals surface area contributed by atoms with E-state index < -0.39 is 5.56 Å². The lowest BCUT2D eigenvalue weighted by atomic mass is 10.1. The van der Waals surface area contributed by atoms with Gasteiger partial charge >= 0.3 is 0 Å². The molecule has 2 rings (SSSR count). The molecule has 2 aromatic rings. The van der Waals surface area contributed by atoms with Gasteiger partial charge in [0.1, 0.15) is 0 Å². The monoisotopic (exact) mass is 255 g/mol. The smallest absolute Gasteiger partial charge is 0.290 e. The molecule has 0 saturated heterocycles. The first kappa shape index (κ1) is 12.8. The molecule has 1 heterocycles. The van der Waals surface area contributed by atoms with Crippen molar-refractivity contribution in [3.8, 4) is 17.0 Å². The van der Waals surface area contributed by atoms with E-state index in [-0.39, 0.29) is 5.75 Å². The zero-order chi connectivity index (χ0) is 13.8. The van der Waals surface area contributed by atoms with Crippen LogP contribution in [0.2, 0.25) is 0 Å². The van der Waals surface area contributed by atoms with Gasteiger partial charge in [0.2, 0.25) is 0 Å². The van der Waals surface area contributed by atoms with Gasteiger partial charge in [-0.25, -0.2) is 0 Å².